The fourth-order valence-electron chi connectivity index (χ4n) is 4.12. The Kier molecular flexibility index (Phi) is 3.89. The molecule has 0 saturated carbocycles. The molecule has 0 aromatic rings. The van der Waals surface area contributed by atoms with Crippen LogP contribution in [-0.4, -0.2) is 0 Å². The predicted octanol–water partition coefficient (Wildman–Crippen LogP) is 6.07. The van der Waals surface area contributed by atoms with Crippen LogP contribution >= 0.6 is 0 Å². The number of hydrogen-bond donors (Lipinski definition) is 0. The summed E-state index contributed by atoms with van der Waals surface area (Å²) in [6.45, 7) is 4.66. The molecule has 0 nitrogen and oxygen atoms in total. The van der Waals surface area contributed by atoms with Crippen LogP contribution in [0.5, 0.6) is 0 Å². The average molecular weight is 278 g/mol. The molecule has 0 radical (unpaired) electrons. The third kappa shape index (κ3) is 2.31. The Balaban J connectivity index is 2.08. The summed E-state index contributed by atoms with van der Waals surface area (Å²) in [7, 11) is 0. The summed E-state index contributed by atoms with van der Waals surface area (Å²) in [5.74, 6) is 0. The van der Waals surface area contributed by atoms with Crippen LogP contribution in [0.25, 0.3) is 0 Å². The summed E-state index contributed by atoms with van der Waals surface area (Å²) in [5, 5.41) is 0. The maximum absolute atomic E-state index is 2.45. The molecule has 3 aliphatic carbocycles. The van der Waals surface area contributed by atoms with E-state index in [9.17, 15) is 0 Å². The highest BCUT2D eigenvalue weighted by atomic mass is 14.4. The lowest BCUT2D eigenvalue weighted by Crippen LogP contribution is -2.27. The highest BCUT2D eigenvalue weighted by Crippen LogP contribution is 2.51. The second-order valence-electron chi connectivity index (χ2n) is 6.50. The second kappa shape index (κ2) is 5.67. The molecule has 0 bridgehead atoms. The molecule has 0 amide bonds. The molecule has 0 N–H and O–H groups in total. The van der Waals surface area contributed by atoms with Crippen molar-refractivity contribution in [2.24, 2.45) is 10.8 Å². The molecule has 0 aliphatic heterocycles. The minimum atomic E-state index is 0.217. The van der Waals surface area contributed by atoms with Gasteiger partial charge in [-0.15, -0.1) is 0 Å². The first-order chi connectivity index (χ1) is 10.3. The zero-order chi connectivity index (χ0) is 14.8. The predicted molar refractivity (Wildman–Crippen MR) is 92.0 cm³/mol. The lowest BCUT2D eigenvalue weighted by Gasteiger charge is -2.39. The van der Waals surface area contributed by atoms with E-state index in [0.29, 0.717) is 0 Å². The Morgan fingerprint density at radius 1 is 0.810 bits per heavy atom. The lowest BCUT2D eigenvalue weighted by atomic mass is 9.65. The van der Waals surface area contributed by atoms with Gasteiger partial charge in [-0.25, -0.2) is 0 Å². The van der Waals surface area contributed by atoms with Crippen molar-refractivity contribution in [3.8, 4) is 0 Å². The van der Waals surface area contributed by atoms with Gasteiger partial charge in [-0.2, -0.15) is 0 Å². The van der Waals surface area contributed by atoms with Gasteiger partial charge in [0.25, 0.3) is 0 Å². The molecule has 0 fully saturated rings. The van der Waals surface area contributed by atoms with Crippen molar-refractivity contribution < 1.29 is 0 Å². The highest BCUT2D eigenvalue weighted by molar-refractivity contribution is 5.48. The molecule has 0 heterocycles. The van der Waals surface area contributed by atoms with Crippen molar-refractivity contribution in [3.63, 3.8) is 0 Å². The molecule has 110 valence electrons. The maximum Gasteiger partial charge on any atom is 0.0167 e. The van der Waals surface area contributed by atoms with Gasteiger partial charge >= 0.3 is 0 Å². The zero-order valence-corrected chi connectivity index (χ0v) is 13.3. The van der Waals surface area contributed by atoms with Gasteiger partial charge in [0.15, 0.2) is 0 Å². The molecule has 0 heteroatoms. The summed E-state index contributed by atoms with van der Waals surface area (Å²) >= 11 is 0. The smallest absolute Gasteiger partial charge is 0.0167 e. The van der Waals surface area contributed by atoms with Gasteiger partial charge in [0, 0.05) is 10.8 Å². The van der Waals surface area contributed by atoms with Gasteiger partial charge in [0.1, 0.15) is 0 Å². The van der Waals surface area contributed by atoms with E-state index in [4.69, 9.17) is 0 Å². The fourth-order valence-corrected chi connectivity index (χ4v) is 4.12. The van der Waals surface area contributed by atoms with E-state index in [-0.39, 0.29) is 10.8 Å². The zero-order valence-electron chi connectivity index (χ0n) is 13.3. The lowest BCUT2D eigenvalue weighted by molar-refractivity contribution is 0.401. The molecular weight excluding hydrogens is 252 g/mol. The normalized spacial score (nSPS) is 34.2. The van der Waals surface area contributed by atoms with E-state index < -0.39 is 0 Å². The fraction of sp³-hybridized carbons (Fsp3) is 0.429. The van der Waals surface area contributed by atoms with Gasteiger partial charge < -0.3 is 0 Å². The highest BCUT2D eigenvalue weighted by Gasteiger charge is 2.38. The van der Waals surface area contributed by atoms with Crippen LogP contribution in [0.4, 0.5) is 0 Å². The molecular formula is C21H26. The van der Waals surface area contributed by atoms with Gasteiger partial charge in [0.2, 0.25) is 0 Å². The minimum Gasteiger partial charge on any atom is -0.0834 e. The second-order valence-corrected chi connectivity index (χ2v) is 6.50. The first-order valence-electron chi connectivity index (χ1n) is 8.36. The molecule has 21 heavy (non-hydrogen) atoms. The molecule has 0 aromatic carbocycles. The number of rotatable bonds is 4. The van der Waals surface area contributed by atoms with E-state index >= 15 is 0 Å². The molecule has 2 unspecified atom stereocenters. The molecule has 3 rings (SSSR count). The minimum absolute atomic E-state index is 0.217. The molecule has 3 aliphatic rings. The summed E-state index contributed by atoms with van der Waals surface area (Å²) < 4.78 is 0. The summed E-state index contributed by atoms with van der Waals surface area (Å²) in [6.07, 6.45) is 29.0. The largest absolute Gasteiger partial charge is 0.0834 e. The van der Waals surface area contributed by atoms with Gasteiger partial charge in [-0.3, -0.25) is 0 Å². The van der Waals surface area contributed by atoms with Gasteiger partial charge in [-0.05, 0) is 37.7 Å². The third-order valence-electron chi connectivity index (χ3n) is 5.62. The van der Waals surface area contributed by atoms with E-state index in [2.05, 4.69) is 74.6 Å². The van der Waals surface area contributed by atoms with Crippen LogP contribution in [-0.2, 0) is 0 Å². The summed E-state index contributed by atoms with van der Waals surface area (Å²) in [5.41, 5.74) is 3.71. The Hall–Kier alpha value is -1.56. The third-order valence-corrected chi connectivity index (χ3v) is 5.62. The van der Waals surface area contributed by atoms with Gasteiger partial charge in [0.05, 0.1) is 0 Å². The van der Waals surface area contributed by atoms with Gasteiger partial charge in [-0.1, -0.05) is 80.2 Å². The maximum atomic E-state index is 2.45. The standard InChI is InChI=1S/C21H26/c1-3-20(14-7-5-8-15-20)18-12-11-13-19(18)21(4-2)16-9-6-10-17-21/h5-12,14,16H,3-4,13,15,17H2,1-2H3. The SMILES string of the molecule is CCC1(C2=C(C3(CC)C=CC=CC3)CC=C2)C=CC=CC1. The Bertz CT molecular complexity index is 579. The van der Waals surface area contributed by atoms with E-state index in [0.717, 1.165) is 19.3 Å². The first kappa shape index (κ1) is 14.4. The molecule has 2 atom stereocenters. The van der Waals surface area contributed by atoms with E-state index in [1.807, 2.05) is 0 Å². The number of hydrogen-bond acceptors (Lipinski definition) is 0. The van der Waals surface area contributed by atoms with Crippen molar-refractivity contribution >= 4 is 0 Å². The van der Waals surface area contributed by atoms with Crippen molar-refractivity contribution in [1.29, 1.82) is 0 Å². The molecule has 0 spiro atoms. The Morgan fingerprint density at radius 3 is 1.95 bits per heavy atom. The Morgan fingerprint density at radius 2 is 1.43 bits per heavy atom. The summed E-state index contributed by atoms with van der Waals surface area (Å²) in [4.78, 5) is 0. The van der Waals surface area contributed by atoms with Crippen LogP contribution < -0.4 is 0 Å². The number of allylic oxidation sites excluding steroid dienone is 12. The van der Waals surface area contributed by atoms with E-state index in [1.54, 1.807) is 11.1 Å². The van der Waals surface area contributed by atoms with E-state index in [1.165, 1.54) is 12.8 Å². The van der Waals surface area contributed by atoms with Crippen LogP contribution in [0.3, 0.4) is 0 Å². The summed E-state index contributed by atoms with van der Waals surface area (Å²) in [6, 6.07) is 0. The molecule has 0 aromatic heterocycles. The van der Waals surface area contributed by atoms with Crippen LogP contribution in [0, 0.1) is 10.8 Å². The monoisotopic (exact) mass is 278 g/mol. The first-order valence-corrected chi connectivity index (χ1v) is 8.36. The van der Waals surface area contributed by atoms with Crippen molar-refractivity contribution in [1.82, 2.24) is 0 Å². The topological polar surface area (TPSA) is 0 Å². The van der Waals surface area contributed by atoms with Crippen molar-refractivity contribution in [2.45, 2.75) is 46.0 Å². The van der Waals surface area contributed by atoms with Crippen LogP contribution in [0.1, 0.15) is 46.0 Å². The quantitative estimate of drug-likeness (QED) is 0.585. The van der Waals surface area contributed by atoms with Crippen molar-refractivity contribution in [3.05, 3.63) is 71.9 Å². The Labute approximate surface area is 129 Å². The average Bonchev–Trinajstić information content (AvgIpc) is 3.07. The van der Waals surface area contributed by atoms with Crippen molar-refractivity contribution in [2.75, 3.05) is 0 Å². The molecule has 0 saturated heterocycles. The van der Waals surface area contributed by atoms with Crippen LogP contribution in [0.15, 0.2) is 71.9 Å². The van der Waals surface area contributed by atoms with Crippen LogP contribution in [0.2, 0.25) is 0 Å².